The second-order valence-corrected chi connectivity index (χ2v) is 3.12. The highest BCUT2D eigenvalue weighted by Gasteiger charge is 2.31. The van der Waals surface area contributed by atoms with E-state index in [0.29, 0.717) is 5.76 Å². The molecule has 2 N–H and O–H groups in total. The van der Waals surface area contributed by atoms with Crippen LogP contribution in [0.15, 0.2) is 10.6 Å². The molecule has 72 valence electrons. The minimum absolute atomic E-state index is 0.0346. The van der Waals surface area contributed by atoms with Crippen molar-refractivity contribution in [3.63, 3.8) is 0 Å². The summed E-state index contributed by atoms with van der Waals surface area (Å²) in [4.78, 5) is 14.1. The van der Waals surface area contributed by atoms with Crippen LogP contribution in [-0.2, 0) is 10.4 Å². The van der Waals surface area contributed by atoms with Gasteiger partial charge in [-0.3, -0.25) is 4.79 Å². The number of nitrogens with zero attached hydrogens (tertiary/aromatic N) is 1. The molecule has 0 aliphatic heterocycles. The fourth-order valence-electron chi connectivity index (χ4n) is 0.974. The van der Waals surface area contributed by atoms with Gasteiger partial charge in [0, 0.05) is 0 Å². The Balaban J connectivity index is 2.86. The Morgan fingerprint density at radius 3 is 2.77 bits per heavy atom. The van der Waals surface area contributed by atoms with Gasteiger partial charge < -0.3 is 14.6 Å². The van der Waals surface area contributed by atoms with Crippen molar-refractivity contribution in [2.45, 2.75) is 25.9 Å². The van der Waals surface area contributed by atoms with Crippen molar-refractivity contribution >= 4 is 5.97 Å². The third-order valence-corrected chi connectivity index (χ3v) is 1.58. The van der Waals surface area contributed by atoms with Gasteiger partial charge >= 0.3 is 5.97 Å². The smallest absolute Gasteiger partial charge is 0.306 e. The molecule has 0 radical (unpaired) electrons. The van der Waals surface area contributed by atoms with E-state index in [0.717, 1.165) is 0 Å². The van der Waals surface area contributed by atoms with Crippen molar-refractivity contribution in [1.29, 1.82) is 0 Å². The Kier molecular flexibility index (Phi) is 2.38. The highest BCUT2D eigenvalue weighted by molar-refractivity contribution is 5.68. The zero-order valence-electron chi connectivity index (χ0n) is 7.44. The Labute approximate surface area is 75.0 Å². The predicted molar refractivity (Wildman–Crippen MR) is 43.1 cm³/mol. The molecular weight excluding hydrogens is 174 g/mol. The quantitative estimate of drug-likeness (QED) is 0.722. The third-order valence-electron chi connectivity index (χ3n) is 1.58. The maximum Gasteiger partial charge on any atom is 0.306 e. The van der Waals surface area contributed by atoms with Crippen LogP contribution in [0.1, 0.15) is 25.0 Å². The molecular formula is C8H11NO4. The number of aliphatic hydroxyl groups is 1. The number of carboxylic acids is 1. The van der Waals surface area contributed by atoms with E-state index < -0.39 is 18.0 Å². The number of aromatic nitrogens is 1. The van der Waals surface area contributed by atoms with Crippen molar-refractivity contribution < 1.29 is 19.4 Å². The standard InChI is InChI=1S/C8H11NO4/c1-5-4-9-7(13-5)8(2,12)3-6(10)11/h4,12H,3H2,1-2H3,(H,10,11). The topological polar surface area (TPSA) is 83.6 Å². The molecule has 0 aliphatic carbocycles. The fraction of sp³-hybridized carbons (Fsp3) is 0.500. The molecule has 5 heteroatoms. The number of hydrogen-bond donors (Lipinski definition) is 2. The second-order valence-electron chi connectivity index (χ2n) is 3.12. The highest BCUT2D eigenvalue weighted by atomic mass is 16.4. The Morgan fingerprint density at radius 1 is 1.77 bits per heavy atom. The molecule has 0 aromatic carbocycles. The molecule has 0 spiro atoms. The lowest BCUT2D eigenvalue weighted by Gasteiger charge is -2.15. The number of hydrogen-bond acceptors (Lipinski definition) is 4. The first-order valence-electron chi connectivity index (χ1n) is 3.79. The van der Waals surface area contributed by atoms with Gasteiger partial charge in [-0.1, -0.05) is 0 Å². The molecule has 1 unspecified atom stereocenters. The zero-order valence-corrected chi connectivity index (χ0v) is 7.44. The van der Waals surface area contributed by atoms with E-state index in [-0.39, 0.29) is 5.89 Å². The van der Waals surface area contributed by atoms with E-state index in [9.17, 15) is 9.90 Å². The maximum atomic E-state index is 10.4. The zero-order chi connectivity index (χ0) is 10.1. The SMILES string of the molecule is Cc1cnc(C(C)(O)CC(=O)O)o1. The summed E-state index contributed by atoms with van der Waals surface area (Å²) in [5.41, 5.74) is -1.54. The van der Waals surface area contributed by atoms with Gasteiger partial charge in [-0.25, -0.2) is 4.98 Å². The van der Waals surface area contributed by atoms with E-state index in [2.05, 4.69) is 4.98 Å². The van der Waals surface area contributed by atoms with E-state index in [1.54, 1.807) is 6.92 Å². The summed E-state index contributed by atoms with van der Waals surface area (Å²) in [6.07, 6.45) is 1.01. The van der Waals surface area contributed by atoms with Crippen LogP contribution in [0.2, 0.25) is 0 Å². The summed E-state index contributed by atoms with van der Waals surface area (Å²) in [6.45, 7) is 3.03. The van der Waals surface area contributed by atoms with E-state index >= 15 is 0 Å². The van der Waals surface area contributed by atoms with Crippen LogP contribution in [0.25, 0.3) is 0 Å². The lowest BCUT2D eigenvalue weighted by atomic mass is 10.0. The van der Waals surface area contributed by atoms with Gasteiger partial charge in [0.2, 0.25) is 5.89 Å². The summed E-state index contributed by atoms with van der Waals surface area (Å²) in [6, 6.07) is 0. The van der Waals surface area contributed by atoms with Crippen molar-refractivity contribution in [3.8, 4) is 0 Å². The van der Waals surface area contributed by atoms with Crippen LogP contribution in [-0.4, -0.2) is 21.2 Å². The summed E-state index contributed by atoms with van der Waals surface area (Å²) in [5.74, 6) is -0.520. The maximum absolute atomic E-state index is 10.4. The number of carboxylic acid groups (broad SMARTS) is 1. The van der Waals surface area contributed by atoms with E-state index in [1.165, 1.54) is 13.1 Å². The van der Waals surface area contributed by atoms with Crippen LogP contribution in [0.4, 0.5) is 0 Å². The first-order chi connectivity index (χ1) is 5.92. The molecule has 1 aromatic rings. The highest BCUT2D eigenvalue weighted by Crippen LogP contribution is 2.23. The molecule has 5 nitrogen and oxygen atoms in total. The van der Waals surface area contributed by atoms with Gasteiger partial charge in [0.15, 0.2) is 0 Å². The average Bonchev–Trinajstić information content (AvgIpc) is 2.32. The summed E-state index contributed by atoms with van der Waals surface area (Å²) < 4.78 is 5.02. The van der Waals surface area contributed by atoms with E-state index in [1.807, 2.05) is 0 Å². The lowest BCUT2D eigenvalue weighted by molar-refractivity contribution is -0.143. The van der Waals surface area contributed by atoms with Crippen LogP contribution < -0.4 is 0 Å². The van der Waals surface area contributed by atoms with Crippen LogP contribution in [0.3, 0.4) is 0 Å². The molecule has 0 fully saturated rings. The number of aryl methyl sites for hydroxylation is 1. The largest absolute Gasteiger partial charge is 0.481 e. The first kappa shape index (κ1) is 9.73. The first-order valence-corrected chi connectivity index (χ1v) is 3.79. The minimum atomic E-state index is -1.54. The number of rotatable bonds is 3. The normalized spacial score (nSPS) is 15.3. The number of oxazole rings is 1. The average molecular weight is 185 g/mol. The second kappa shape index (κ2) is 3.18. The third kappa shape index (κ3) is 2.29. The summed E-state index contributed by atoms with van der Waals surface area (Å²) in [7, 11) is 0. The van der Waals surface area contributed by atoms with Gasteiger partial charge in [-0.15, -0.1) is 0 Å². The van der Waals surface area contributed by atoms with E-state index in [4.69, 9.17) is 9.52 Å². The molecule has 1 rings (SSSR count). The van der Waals surface area contributed by atoms with Crippen molar-refractivity contribution in [2.24, 2.45) is 0 Å². The van der Waals surface area contributed by atoms with Crippen molar-refractivity contribution in [1.82, 2.24) is 4.98 Å². The van der Waals surface area contributed by atoms with Crippen LogP contribution in [0, 0.1) is 6.92 Å². The lowest BCUT2D eigenvalue weighted by Crippen LogP contribution is -2.25. The number of carbonyl (C=O) groups is 1. The molecule has 1 aromatic heterocycles. The Hall–Kier alpha value is -1.36. The van der Waals surface area contributed by atoms with Crippen LogP contribution in [0.5, 0.6) is 0 Å². The molecule has 1 heterocycles. The van der Waals surface area contributed by atoms with Crippen molar-refractivity contribution in [3.05, 3.63) is 17.8 Å². The van der Waals surface area contributed by atoms with Crippen LogP contribution >= 0.6 is 0 Å². The monoisotopic (exact) mass is 185 g/mol. The van der Waals surface area contributed by atoms with Gasteiger partial charge in [-0.05, 0) is 13.8 Å². The predicted octanol–water partition coefficient (Wildman–Crippen LogP) is 0.665. The Morgan fingerprint density at radius 2 is 2.38 bits per heavy atom. The number of aliphatic carboxylic acids is 1. The molecule has 1 atom stereocenters. The summed E-state index contributed by atoms with van der Waals surface area (Å²) in [5, 5.41) is 18.1. The van der Waals surface area contributed by atoms with Gasteiger partial charge in [0.05, 0.1) is 12.6 Å². The van der Waals surface area contributed by atoms with Gasteiger partial charge in [0.1, 0.15) is 11.4 Å². The minimum Gasteiger partial charge on any atom is -0.481 e. The van der Waals surface area contributed by atoms with Gasteiger partial charge in [0.25, 0.3) is 0 Å². The van der Waals surface area contributed by atoms with Gasteiger partial charge in [-0.2, -0.15) is 0 Å². The fourth-order valence-corrected chi connectivity index (χ4v) is 0.974. The summed E-state index contributed by atoms with van der Waals surface area (Å²) >= 11 is 0. The molecule has 0 saturated heterocycles. The molecule has 0 bridgehead atoms. The molecule has 0 aliphatic rings. The Bertz CT molecular complexity index is 316. The molecule has 0 amide bonds. The molecule has 0 saturated carbocycles. The van der Waals surface area contributed by atoms with Crippen molar-refractivity contribution in [2.75, 3.05) is 0 Å². The molecule has 13 heavy (non-hydrogen) atoms.